The summed E-state index contributed by atoms with van der Waals surface area (Å²) in [4.78, 5) is 52.7. The third-order valence-electron chi connectivity index (χ3n) is 9.18. The number of ether oxygens (including phenoxy) is 2. The number of esters is 2. The molecule has 0 fully saturated rings. The van der Waals surface area contributed by atoms with Crippen LogP contribution in [0.5, 0.6) is 0 Å². The molecule has 344 valence electrons. The van der Waals surface area contributed by atoms with E-state index in [9.17, 15) is 28.7 Å². The SMILES string of the molecule is CCCCC/C=C\C/C=C\CCCCCCCCCC(=O)OC[C@H](COP(=O)(O)OC[C@@H](O)COP(=O)(O)O)OC(=O)CCCCCCC/C=C\C/C=C\CCCCC. The molecule has 0 radical (unpaired) electrons. The van der Waals surface area contributed by atoms with E-state index in [1.807, 2.05) is 0 Å². The van der Waals surface area contributed by atoms with Crippen LogP contribution < -0.4 is 0 Å². The Bertz CT molecular complexity index is 1230. The van der Waals surface area contributed by atoms with Crippen molar-refractivity contribution in [2.24, 2.45) is 0 Å². The molecule has 0 bridgehead atoms. The average molecular weight is 879 g/mol. The first-order chi connectivity index (χ1) is 28.4. The molecule has 59 heavy (non-hydrogen) atoms. The molecule has 15 heteroatoms. The molecule has 0 saturated heterocycles. The number of allylic oxidation sites excluding steroid dienone is 8. The van der Waals surface area contributed by atoms with Gasteiger partial charge in [0.15, 0.2) is 6.10 Å². The molecule has 0 rings (SSSR count). The molecule has 0 aliphatic heterocycles. The van der Waals surface area contributed by atoms with Crippen LogP contribution in [0.2, 0.25) is 0 Å². The van der Waals surface area contributed by atoms with E-state index in [4.69, 9.17) is 23.8 Å². The van der Waals surface area contributed by atoms with E-state index < -0.39 is 66.2 Å². The van der Waals surface area contributed by atoms with Gasteiger partial charge in [0.2, 0.25) is 0 Å². The zero-order valence-corrected chi connectivity index (χ0v) is 38.1. The van der Waals surface area contributed by atoms with Gasteiger partial charge in [0.25, 0.3) is 0 Å². The van der Waals surface area contributed by atoms with Crippen molar-refractivity contribution in [3.63, 3.8) is 0 Å². The number of hydrogen-bond acceptors (Lipinski definition) is 10. The van der Waals surface area contributed by atoms with Crippen LogP contribution in [0.4, 0.5) is 0 Å². The van der Waals surface area contributed by atoms with Gasteiger partial charge in [-0.25, -0.2) is 9.13 Å². The molecule has 0 aromatic carbocycles. The minimum Gasteiger partial charge on any atom is -0.462 e. The minimum atomic E-state index is -4.86. The molecule has 0 aromatic heterocycles. The fourth-order valence-electron chi connectivity index (χ4n) is 5.76. The molecule has 13 nitrogen and oxygen atoms in total. The first-order valence-electron chi connectivity index (χ1n) is 22.3. The van der Waals surface area contributed by atoms with Crippen LogP contribution in [0.1, 0.15) is 181 Å². The molecule has 0 aromatic rings. The highest BCUT2D eigenvalue weighted by atomic mass is 31.2. The number of carbonyl (C=O) groups is 2. The van der Waals surface area contributed by atoms with Crippen LogP contribution in [-0.4, -0.2) is 70.4 Å². The van der Waals surface area contributed by atoms with Crippen molar-refractivity contribution in [3.05, 3.63) is 48.6 Å². The summed E-state index contributed by atoms with van der Waals surface area (Å²) in [5.41, 5.74) is 0. The number of aliphatic hydroxyl groups is 1. The van der Waals surface area contributed by atoms with Crippen LogP contribution in [0, 0.1) is 0 Å². The van der Waals surface area contributed by atoms with Crippen molar-refractivity contribution in [1.29, 1.82) is 0 Å². The third kappa shape index (κ3) is 44.0. The Morgan fingerprint density at radius 2 is 0.881 bits per heavy atom. The molecule has 0 aliphatic rings. The van der Waals surface area contributed by atoms with Crippen molar-refractivity contribution in [2.45, 2.75) is 193 Å². The highest BCUT2D eigenvalue weighted by Crippen LogP contribution is 2.43. The monoisotopic (exact) mass is 879 g/mol. The van der Waals surface area contributed by atoms with E-state index in [1.54, 1.807) is 0 Å². The summed E-state index contributed by atoms with van der Waals surface area (Å²) < 4.78 is 47.8. The minimum absolute atomic E-state index is 0.113. The summed E-state index contributed by atoms with van der Waals surface area (Å²) in [5.74, 6) is -1.06. The number of phosphoric acid groups is 2. The summed E-state index contributed by atoms with van der Waals surface area (Å²) in [6.45, 7) is 1.69. The van der Waals surface area contributed by atoms with Gasteiger partial charge >= 0.3 is 27.6 Å². The van der Waals surface area contributed by atoms with E-state index in [2.05, 4.69) is 71.5 Å². The summed E-state index contributed by atoms with van der Waals surface area (Å²) in [5, 5.41) is 9.75. The Balaban J connectivity index is 4.53. The first kappa shape index (κ1) is 57.1. The van der Waals surface area contributed by atoms with Gasteiger partial charge in [-0.3, -0.25) is 23.2 Å². The summed E-state index contributed by atoms with van der Waals surface area (Å²) in [7, 11) is -9.68. The topological polar surface area (TPSA) is 195 Å². The lowest BCUT2D eigenvalue weighted by Crippen LogP contribution is -2.30. The molecule has 0 aliphatic carbocycles. The maximum absolute atomic E-state index is 12.7. The number of rotatable bonds is 42. The lowest BCUT2D eigenvalue weighted by Gasteiger charge is -2.20. The predicted molar refractivity (Wildman–Crippen MR) is 235 cm³/mol. The Kier molecular flexibility index (Phi) is 38.9. The highest BCUT2D eigenvalue weighted by Gasteiger charge is 2.28. The Labute approximate surface area is 356 Å². The van der Waals surface area contributed by atoms with Crippen LogP contribution in [0.25, 0.3) is 0 Å². The summed E-state index contributed by atoms with van der Waals surface area (Å²) in [6.07, 6.45) is 40.9. The number of carbonyl (C=O) groups excluding carboxylic acids is 2. The molecule has 1 unspecified atom stereocenters. The zero-order chi connectivity index (χ0) is 43.7. The second kappa shape index (κ2) is 40.2. The van der Waals surface area contributed by atoms with E-state index in [-0.39, 0.29) is 12.8 Å². The Hall–Kier alpha value is -1.92. The second-order valence-electron chi connectivity index (χ2n) is 15.0. The predicted octanol–water partition coefficient (Wildman–Crippen LogP) is 11.5. The summed E-state index contributed by atoms with van der Waals surface area (Å²) in [6, 6.07) is 0. The van der Waals surface area contributed by atoms with E-state index in [1.165, 1.54) is 57.8 Å². The van der Waals surface area contributed by atoms with Gasteiger partial charge < -0.3 is 29.3 Å². The summed E-state index contributed by atoms with van der Waals surface area (Å²) >= 11 is 0. The molecule has 0 spiro atoms. The van der Waals surface area contributed by atoms with Crippen molar-refractivity contribution in [3.8, 4) is 0 Å². The fourth-order valence-corrected chi connectivity index (χ4v) is 6.92. The van der Waals surface area contributed by atoms with Crippen LogP contribution in [0.3, 0.4) is 0 Å². The standard InChI is InChI=1S/C44H80O13P2/c1-3-5-7-9-11-13-15-17-19-20-22-23-25-27-29-31-33-35-43(46)53-39-42(40-56-59(51,52)55-38-41(45)37-54-58(48,49)50)57-44(47)36-34-32-30-28-26-24-21-18-16-14-12-10-8-6-4-2/h11-14,17-19,21,41-42,45H,3-10,15-16,20,22-40H2,1-2H3,(H,51,52)(H2,48,49,50)/b13-11-,14-12-,19-17-,21-18-/t41-,42+/m0/s1. The highest BCUT2D eigenvalue weighted by molar-refractivity contribution is 7.47. The van der Waals surface area contributed by atoms with Gasteiger partial charge in [-0.05, 0) is 77.0 Å². The maximum Gasteiger partial charge on any atom is 0.472 e. The number of hydrogen-bond donors (Lipinski definition) is 4. The van der Waals surface area contributed by atoms with Crippen LogP contribution in [0.15, 0.2) is 48.6 Å². The van der Waals surface area contributed by atoms with Crippen LogP contribution >= 0.6 is 15.6 Å². The fraction of sp³-hybridized carbons (Fsp3) is 0.773. The lowest BCUT2D eigenvalue weighted by molar-refractivity contribution is -0.161. The van der Waals surface area contributed by atoms with Gasteiger partial charge in [0, 0.05) is 12.8 Å². The van der Waals surface area contributed by atoms with E-state index in [0.29, 0.717) is 12.8 Å². The Morgan fingerprint density at radius 3 is 1.34 bits per heavy atom. The molecular weight excluding hydrogens is 798 g/mol. The van der Waals surface area contributed by atoms with E-state index in [0.717, 1.165) is 83.5 Å². The lowest BCUT2D eigenvalue weighted by atomic mass is 10.1. The molecule has 4 N–H and O–H groups in total. The molecule has 0 heterocycles. The van der Waals surface area contributed by atoms with Gasteiger partial charge in [-0.1, -0.05) is 140 Å². The van der Waals surface area contributed by atoms with E-state index >= 15 is 0 Å². The molecule has 3 atom stereocenters. The number of unbranched alkanes of at least 4 members (excludes halogenated alkanes) is 18. The Morgan fingerprint density at radius 1 is 0.492 bits per heavy atom. The number of phosphoric ester groups is 2. The molecular formula is C44H80O13P2. The second-order valence-corrected chi connectivity index (χ2v) is 17.7. The number of aliphatic hydroxyl groups excluding tert-OH is 1. The van der Waals surface area contributed by atoms with Crippen molar-refractivity contribution >= 4 is 27.6 Å². The quantitative estimate of drug-likeness (QED) is 0.0196. The van der Waals surface area contributed by atoms with Gasteiger partial charge in [-0.2, -0.15) is 0 Å². The maximum atomic E-state index is 12.7. The van der Waals surface area contributed by atoms with Gasteiger partial charge in [0.1, 0.15) is 12.7 Å². The third-order valence-corrected chi connectivity index (χ3v) is 10.6. The smallest absolute Gasteiger partial charge is 0.462 e. The van der Waals surface area contributed by atoms with Gasteiger partial charge in [0.05, 0.1) is 19.8 Å². The molecule has 0 amide bonds. The van der Waals surface area contributed by atoms with Gasteiger partial charge in [-0.15, -0.1) is 0 Å². The van der Waals surface area contributed by atoms with Crippen molar-refractivity contribution in [2.75, 3.05) is 26.4 Å². The normalized spacial score (nSPS) is 14.5. The van der Waals surface area contributed by atoms with Crippen molar-refractivity contribution in [1.82, 2.24) is 0 Å². The average Bonchev–Trinajstić information content (AvgIpc) is 3.19. The molecule has 0 saturated carbocycles. The zero-order valence-electron chi connectivity index (χ0n) is 36.3. The van der Waals surface area contributed by atoms with Crippen molar-refractivity contribution < 1.29 is 61.6 Å². The first-order valence-corrected chi connectivity index (χ1v) is 25.4. The van der Waals surface area contributed by atoms with Crippen LogP contribution in [-0.2, 0) is 41.8 Å². The largest absolute Gasteiger partial charge is 0.472 e.